The molecule has 40 heavy (non-hydrogen) atoms. The summed E-state index contributed by atoms with van der Waals surface area (Å²) in [5, 5.41) is 14.3. The Morgan fingerprint density at radius 2 is 1.60 bits per heavy atom. The van der Waals surface area contributed by atoms with Gasteiger partial charge in [0.2, 0.25) is 0 Å². The van der Waals surface area contributed by atoms with Crippen molar-refractivity contribution in [2.75, 3.05) is 29.8 Å². The van der Waals surface area contributed by atoms with Gasteiger partial charge in [-0.05, 0) is 48.5 Å². The molecule has 0 fully saturated rings. The number of nitrogens with zero attached hydrogens (tertiary/aromatic N) is 1. The van der Waals surface area contributed by atoms with E-state index in [1.54, 1.807) is 0 Å². The number of rotatable bonds is 8. The first kappa shape index (κ1) is 28.1. The minimum absolute atomic E-state index is 0.00231. The molecule has 0 saturated heterocycles. The predicted molar refractivity (Wildman–Crippen MR) is 146 cm³/mol. The number of halogens is 2. The highest BCUT2D eigenvalue weighted by atomic mass is 35.5. The molecule has 0 radical (unpaired) electrons. The van der Waals surface area contributed by atoms with Crippen LogP contribution in [-0.4, -0.2) is 49.0 Å². The molecule has 13 heteroatoms. The van der Waals surface area contributed by atoms with Crippen molar-refractivity contribution in [3.8, 4) is 5.75 Å². The van der Waals surface area contributed by atoms with Gasteiger partial charge < -0.3 is 25.2 Å². The first-order valence-corrected chi connectivity index (χ1v) is 12.1. The fraction of sp³-hybridized carbons (Fsp3) is 0.0741. The summed E-state index contributed by atoms with van der Waals surface area (Å²) in [5.41, 5.74) is 0.614. The van der Waals surface area contributed by atoms with E-state index in [-0.39, 0.29) is 49.6 Å². The minimum atomic E-state index is -1.24. The number of carbonyl (C=O) groups is 5. The molecule has 0 unspecified atom stereocenters. The van der Waals surface area contributed by atoms with Crippen LogP contribution in [0.15, 0.2) is 71.4 Å². The summed E-state index contributed by atoms with van der Waals surface area (Å²) < 4.78 is 9.74. The molecule has 3 amide bonds. The molecule has 0 saturated carbocycles. The van der Waals surface area contributed by atoms with Gasteiger partial charge in [-0.2, -0.15) is 0 Å². The Kier molecular flexibility index (Phi) is 8.08. The average molecular weight is 584 g/mol. The Labute approximate surface area is 236 Å². The van der Waals surface area contributed by atoms with E-state index in [0.717, 1.165) is 11.0 Å². The van der Waals surface area contributed by atoms with Gasteiger partial charge in [-0.25, -0.2) is 14.5 Å². The molecule has 204 valence electrons. The summed E-state index contributed by atoms with van der Waals surface area (Å²) in [7, 11) is 2.50. The maximum Gasteiger partial charge on any atom is 0.339 e. The Morgan fingerprint density at radius 3 is 2.23 bits per heavy atom. The normalized spacial score (nSPS) is 12.8. The lowest BCUT2D eigenvalue weighted by Crippen LogP contribution is -2.32. The Bertz CT molecular complexity index is 1600. The van der Waals surface area contributed by atoms with Crippen LogP contribution in [0.3, 0.4) is 0 Å². The second kappa shape index (κ2) is 11.5. The van der Waals surface area contributed by atoms with Crippen molar-refractivity contribution in [1.82, 2.24) is 0 Å². The molecule has 1 aliphatic heterocycles. The highest BCUT2D eigenvalue weighted by Crippen LogP contribution is 2.32. The van der Waals surface area contributed by atoms with Crippen LogP contribution in [0.25, 0.3) is 0 Å². The Balaban J connectivity index is 1.49. The number of hydrogen-bond donors (Lipinski definition) is 3. The van der Waals surface area contributed by atoms with Crippen LogP contribution in [0, 0.1) is 0 Å². The quantitative estimate of drug-likeness (QED) is 0.256. The number of benzene rings is 3. The third-order valence-corrected chi connectivity index (χ3v) is 6.40. The van der Waals surface area contributed by atoms with Gasteiger partial charge >= 0.3 is 11.9 Å². The van der Waals surface area contributed by atoms with Crippen molar-refractivity contribution < 1.29 is 38.6 Å². The number of ether oxygens (including phenoxy) is 2. The van der Waals surface area contributed by atoms with Crippen molar-refractivity contribution in [2.24, 2.45) is 0 Å². The summed E-state index contributed by atoms with van der Waals surface area (Å²) in [4.78, 5) is 62.6. The summed E-state index contributed by atoms with van der Waals surface area (Å²) in [6.45, 7) is 0. The monoisotopic (exact) mass is 583 g/mol. The summed E-state index contributed by atoms with van der Waals surface area (Å²) in [5.74, 6) is -3.95. The van der Waals surface area contributed by atoms with Gasteiger partial charge in [0.1, 0.15) is 22.0 Å². The second-order valence-electron chi connectivity index (χ2n) is 8.17. The van der Waals surface area contributed by atoms with Gasteiger partial charge in [-0.1, -0.05) is 29.3 Å². The zero-order valence-electron chi connectivity index (χ0n) is 20.8. The number of aromatic carboxylic acids is 1. The molecule has 3 aromatic rings. The van der Waals surface area contributed by atoms with Crippen LogP contribution >= 0.6 is 23.2 Å². The number of imide groups is 1. The SMILES string of the molecule is COC(=O)c1cccc(N2C(=O)C(Cl)=C(Nc3ccc(C(=O)Nc4cc(OC)c(C(=O)O)cc4Cl)cc3)C2=O)c1. The van der Waals surface area contributed by atoms with Crippen LogP contribution in [0.2, 0.25) is 5.02 Å². The van der Waals surface area contributed by atoms with Gasteiger partial charge in [0.05, 0.1) is 36.2 Å². The Hall–Kier alpha value is -4.87. The average Bonchev–Trinajstić information content (AvgIpc) is 3.16. The number of esters is 1. The second-order valence-corrected chi connectivity index (χ2v) is 8.96. The van der Waals surface area contributed by atoms with Crippen molar-refractivity contribution in [1.29, 1.82) is 0 Å². The molecule has 11 nitrogen and oxygen atoms in total. The topological polar surface area (TPSA) is 151 Å². The molecule has 3 aromatic carbocycles. The van der Waals surface area contributed by atoms with Crippen LogP contribution in [0.1, 0.15) is 31.1 Å². The van der Waals surface area contributed by atoms with Gasteiger partial charge in [0.25, 0.3) is 17.7 Å². The van der Waals surface area contributed by atoms with Crippen LogP contribution < -0.4 is 20.3 Å². The molecular weight excluding hydrogens is 565 g/mol. The third kappa shape index (κ3) is 5.46. The molecule has 0 bridgehead atoms. The number of anilines is 3. The van der Waals surface area contributed by atoms with E-state index in [2.05, 4.69) is 15.4 Å². The number of carboxylic acids is 1. The highest BCUT2D eigenvalue weighted by molar-refractivity contribution is 6.53. The fourth-order valence-electron chi connectivity index (χ4n) is 3.76. The van der Waals surface area contributed by atoms with E-state index < -0.39 is 29.7 Å². The zero-order valence-corrected chi connectivity index (χ0v) is 22.3. The van der Waals surface area contributed by atoms with E-state index >= 15 is 0 Å². The van der Waals surface area contributed by atoms with E-state index in [4.69, 9.17) is 27.9 Å². The van der Waals surface area contributed by atoms with Gasteiger partial charge in [0, 0.05) is 17.3 Å². The maximum absolute atomic E-state index is 13.1. The van der Waals surface area contributed by atoms with Gasteiger partial charge in [-0.15, -0.1) is 0 Å². The van der Waals surface area contributed by atoms with Crippen molar-refractivity contribution in [3.05, 3.63) is 93.1 Å². The summed E-state index contributed by atoms with van der Waals surface area (Å²) in [6, 6.07) is 14.1. The number of hydrogen-bond acceptors (Lipinski definition) is 8. The molecule has 4 rings (SSSR count). The number of methoxy groups -OCH3 is 2. The maximum atomic E-state index is 13.1. The van der Waals surface area contributed by atoms with Crippen molar-refractivity contribution >= 4 is 69.9 Å². The van der Waals surface area contributed by atoms with E-state index in [1.165, 1.54) is 68.8 Å². The fourth-order valence-corrected chi connectivity index (χ4v) is 4.19. The molecule has 0 atom stereocenters. The van der Waals surface area contributed by atoms with E-state index in [9.17, 15) is 29.1 Å². The largest absolute Gasteiger partial charge is 0.496 e. The third-order valence-electron chi connectivity index (χ3n) is 5.74. The Morgan fingerprint density at radius 1 is 0.900 bits per heavy atom. The smallest absolute Gasteiger partial charge is 0.339 e. The molecule has 3 N–H and O–H groups in total. The van der Waals surface area contributed by atoms with Crippen LogP contribution in [0.5, 0.6) is 5.75 Å². The first-order valence-electron chi connectivity index (χ1n) is 11.3. The molecule has 0 spiro atoms. The van der Waals surface area contributed by atoms with E-state index in [0.29, 0.717) is 5.69 Å². The predicted octanol–water partition coefficient (Wildman–Crippen LogP) is 4.52. The first-order chi connectivity index (χ1) is 19.0. The lowest BCUT2D eigenvalue weighted by molar-refractivity contribution is -0.120. The lowest BCUT2D eigenvalue weighted by atomic mass is 10.1. The standard InChI is InChI=1S/C27H19Cl2N3O8/c1-39-20-12-19(18(28)11-17(20)26(36)37)31-23(33)13-6-8-15(9-7-13)30-22-21(29)24(34)32(25(22)35)16-5-3-4-14(10-16)27(38)40-2/h3-12,30H,1-2H3,(H,31,33)(H,36,37). The molecule has 1 aliphatic rings. The summed E-state index contributed by atoms with van der Waals surface area (Å²) in [6.07, 6.45) is 0. The van der Waals surface area contributed by atoms with E-state index in [1.807, 2.05) is 0 Å². The molecule has 0 aliphatic carbocycles. The zero-order chi connectivity index (χ0) is 29.1. The van der Waals surface area contributed by atoms with Gasteiger partial charge in [-0.3, -0.25) is 14.4 Å². The van der Waals surface area contributed by atoms with Crippen molar-refractivity contribution in [3.63, 3.8) is 0 Å². The highest BCUT2D eigenvalue weighted by Gasteiger charge is 2.39. The number of nitrogens with one attached hydrogen (secondary N) is 2. The number of carbonyl (C=O) groups excluding carboxylic acids is 4. The molecule has 0 aromatic heterocycles. The summed E-state index contributed by atoms with van der Waals surface area (Å²) >= 11 is 12.3. The van der Waals surface area contributed by atoms with Crippen LogP contribution in [0.4, 0.5) is 17.1 Å². The molecular formula is C27H19Cl2N3O8. The molecule has 1 heterocycles. The minimum Gasteiger partial charge on any atom is -0.496 e. The number of carboxylic acid groups (broad SMARTS) is 1. The lowest BCUT2D eigenvalue weighted by Gasteiger charge is -2.16. The van der Waals surface area contributed by atoms with Gasteiger partial charge in [0.15, 0.2) is 0 Å². The number of amides is 3. The van der Waals surface area contributed by atoms with Crippen molar-refractivity contribution in [2.45, 2.75) is 0 Å². The van der Waals surface area contributed by atoms with Crippen LogP contribution in [-0.2, 0) is 14.3 Å².